The zero-order valence-corrected chi connectivity index (χ0v) is 11.8. The Morgan fingerprint density at radius 1 is 1.11 bits per heavy atom. The molecule has 0 aromatic heterocycles. The first-order chi connectivity index (χ1) is 9.34. The fourth-order valence-corrected chi connectivity index (χ4v) is 3.20. The minimum absolute atomic E-state index is 0.626. The third kappa shape index (κ3) is 3.39. The number of rotatable bonds is 3. The summed E-state index contributed by atoms with van der Waals surface area (Å²) in [6, 6.07) is 1.48. The molecule has 1 saturated carbocycles. The Balaban J connectivity index is 1.53. The van der Waals surface area contributed by atoms with Gasteiger partial charge in [0.2, 0.25) is 0 Å². The molecule has 5 heteroatoms. The summed E-state index contributed by atoms with van der Waals surface area (Å²) in [5, 5.41) is 0. The van der Waals surface area contributed by atoms with Crippen LogP contribution in [0.3, 0.4) is 0 Å². The van der Waals surface area contributed by atoms with Gasteiger partial charge in [-0.05, 0) is 32.2 Å². The van der Waals surface area contributed by atoms with Crippen molar-refractivity contribution in [2.24, 2.45) is 10.7 Å². The standard InChI is InChI=1S/C14H26N4O/c15-14(17-7-9-19-10-8-17)16-11-13-3-1-2-6-18(13)12-4-5-12/h12-13H,1-11H2,(H2,15,16). The predicted molar refractivity (Wildman–Crippen MR) is 76.2 cm³/mol. The van der Waals surface area contributed by atoms with Crippen LogP contribution in [0.25, 0.3) is 0 Å². The average molecular weight is 266 g/mol. The van der Waals surface area contributed by atoms with Crippen molar-refractivity contribution in [3.63, 3.8) is 0 Å². The van der Waals surface area contributed by atoms with Crippen LogP contribution in [0.15, 0.2) is 4.99 Å². The summed E-state index contributed by atoms with van der Waals surface area (Å²) in [5.41, 5.74) is 6.10. The van der Waals surface area contributed by atoms with Crippen molar-refractivity contribution in [3.05, 3.63) is 0 Å². The number of likely N-dealkylation sites (tertiary alicyclic amines) is 1. The quantitative estimate of drug-likeness (QED) is 0.602. The second-order valence-corrected chi connectivity index (χ2v) is 5.92. The van der Waals surface area contributed by atoms with Crippen molar-refractivity contribution in [1.82, 2.24) is 9.80 Å². The van der Waals surface area contributed by atoms with Crippen LogP contribution in [0, 0.1) is 0 Å². The predicted octanol–water partition coefficient (Wildman–Crippen LogP) is 0.650. The van der Waals surface area contributed by atoms with Crippen molar-refractivity contribution in [2.75, 3.05) is 39.4 Å². The third-order valence-corrected chi connectivity index (χ3v) is 4.49. The molecule has 2 aliphatic heterocycles. The molecule has 19 heavy (non-hydrogen) atoms. The fourth-order valence-electron chi connectivity index (χ4n) is 3.20. The molecule has 3 rings (SSSR count). The highest BCUT2D eigenvalue weighted by atomic mass is 16.5. The number of ether oxygens (including phenoxy) is 1. The Labute approximate surface area is 115 Å². The van der Waals surface area contributed by atoms with E-state index in [4.69, 9.17) is 10.5 Å². The van der Waals surface area contributed by atoms with Gasteiger partial charge in [-0.2, -0.15) is 0 Å². The highest BCUT2D eigenvalue weighted by molar-refractivity contribution is 5.78. The first-order valence-electron chi connectivity index (χ1n) is 7.73. The van der Waals surface area contributed by atoms with Crippen LogP contribution in [-0.2, 0) is 4.74 Å². The van der Waals surface area contributed by atoms with E-state index in [-0.39, 0.29) is 0 Å². The summed E-state index contributed by atoms with van der Waals surface area (Å²) in [4.78, 5) is 9.48. The number of guanidine groups is 1. The second kappa shape index (κ2) is 6.09. The zero-order chi connectivity index (χ0) is 13.1. The SMILES string of the molecule is NC(=NCC1CCCCN1C1CC1)N1CCOCC1. The first-order valence-corrected chi connectivity index (χ1v) is 7.73. The van der Waals surface area contributed by atoms with E-state index in [0.29, 0.717) is 12.0 Å². The van der Waals surface area contributed by atoms with Gasteiger partial charge >= 0.3 is 0 Å². The molecule has 0 aromatic carbocycles. The maximum absolute atomic E-state index is 6.10. The van der Waals surface area contributed by atoms with Gasteiger partial charge in [-0.1, -0.05) is 6.42 Å². The van der Waals surface area contributed by atoms with E-state index in [1.165, 1.54) is 38.6 Å². The maximum atomic E-state index is 6.10. The Kier molecular flexibility index (Phi) is 4.23. The van der Waals surface area contributed by atoms with Gasteiger partial charge in [0.1, 0.15) is 0 Å². The maximum Gasteiger partial charge on any atom is 0.191 e. The lowest BCUT2D eigenvalue weighted by Crippen LogP contribution is -2.46. The van der Waals surface area contributed by atoms with Crippen molar-refractivity contribution < 1.29 is 4.74 Å². The monoisotopic (exact) mass is 266 g/mol. The normalized spacial score (nSPS) is 30.6. The molecular formula is C14H26N4O. The zero-order valence-electron chi connectivity index (χ0n) is 11.8. The molecule has 0 radical (unpaired) electrons. The summed E-state index contributed by atoms with van der Waals surface area (Å²) in [7, 11) is 0. The molecule has 1 atom stereocenters. The van der Waals surface area contributed by atoms with Gasteiger partial charge in [0.05, 0.1) is 19.8 Å². The topological polar surface area (TPSA) is 54.1 Å². The summed E-state index contributed by atoms with van der Waals surface area (Å²) in [5.74, 6) is 0.713. The van der Waals surface area contributed by atoms with Crippen LogP contribution in [0.4, 0.5) is 0 Å². The van der Waals surface area contributed by atoms with E-state index in [9.17, 15) is 0 Å². The van der Waals surface area contributed by atoms with Crippen molar-refractivity contribution in [1.29, 1.82) is 0 Å². The number of aliphatic imine (C=N–C) groups is 1. The summed E-state index contributed by atoms with van der Waals surface area (Å²) < 4.78 is 5.34. The molecule has 2 saturated heterocycles. The van der Waals surface area contributed by atoms with Gasteiger partial charge in [0, 0.05) is 25.2 Å². The number of piperidine rings is 1. The Hall–Kier alpha value is -0.810. The van der Waals surface area contributed by atoms with E-state index in [1.807, 2.05) is 0 Å². The number of nitrogens with two attached hydrogens (primary N) is 1. The molecule has 2 N–H and O–H groups in total. The van der Waals surface area contributed by atoms with Crippen molar-refractivity contribution in [2.45, 2.75) is 44.2 Å². The molecule has 0 amide bonds. The van der Waals surface area contributed by atoms with E-state index in [0.717, 1.165) is 38.9 Å². The molecule has 1 aliphatic carbocycles. The summed E-state index contributed by atoms with van der Waals surface area (Å²) in [6.07, 6.45) is 6.77. The van der Waals surface area contributed by atoms with Gasteiger partial charge in [-0.25, -0.2) is 0 Å². The lowest BCUT2D eigenvalue weighted by atomic mass is 10.0. The summed E-state index contributed by atoms with van der Waals surface area (Å²) in [6.45, 7) is 5.45. The fraction of sp³-hybridized carbons (Fsp3) is 0.929. The van der Waals surface area contributed by atoms with Crippen LogP contribution in [-0.4, -0.2) is 67.2 Å². The molecule has 5 nitrogen and oxygen atoms in total. The van der Waals surface area contributed by atoms with Crippen molar-refractivity contribution >= 4 is 5.96 Å². The minimum atomic E-state index is 0.626. The molecule has 1 unspecified atom stereocenters. The highest BCUT2D eigenvalue weighted by Gasteiger charge is 2.35. The number of hydrogen-bond acceptors (Lipinski definition) is 3. The van der Waals surface area contributed by atoms with Gasteiger partial charge in [0.15, 0.2) is 5.96 Å². The molecule has 3 fully saturated rings. The molecule has 0 aromatic rings. The van der Waals surface area contributed by atoms with Crippen LogP contribution in [0.5, 0.6) is 0 Å². The van der Waals surface area contributed by atoms with E-state index in [1.54, 1.807) is 0 Å². The van der Waals surface area contributed by atoms with Gasteiger partial charge < -0.3 is 15.4 Å². The minimum Gasteiger partial charge on any atom is -0.378 e. The summed E-state index contributed by atoms with van der Waals surface area (Å²) >= 11 is 0. The first kappa shape index (κ1) is 13.2. The van der Waals surface area contributed by atoms with Gasteiger partial charge in [-0.15, -0.1) is 0 Å². The number of morpholine rings is 1. The molecule has 3 aliphatic rings. The van der Waals surface area contributed by atoms with Crippen LogP contribution in [0.2, 0.25) is 0 Å². The van der Waals surface area contributed by atoms with Crippen LogP contribution >= 0.6 is 0 Å². The van der Waals surface area contributed by atoms with E-state index in [2.05, 4.69) is 14.8 Å². The van der Waals surface area contributed by atoms with Crippen LogP contribution < -0.4 is 5.73 Å². The molecule has 2 heterocycles. The van der Waals surface area contributed by atoms with E-state index >= 15 is 0 Å². The van der Waals surface area contributed by atoms with Crippen molar-refractivity contribution in [3.8, 4) is 0 Å². The van der Waals surface area contributed by atoms with Gasteiger partial charge in [-0.3, -0.25) is 9.89 Å². The number of nitrogens with zero attached hydrogens (tertiary/aromatic N) is 3. The smallest absolute Gasteiger partial charge is 0.191 e. The largest absolute Gasteiger partial charge is 0.378 e. The van der Waals surface area contributed by atoms with E-state index < -0.39 is 0 Å². The van der Waals surface area contributed by atoms with Gasteiger partial charge in [0.25, 0.3) is 0 Å². The molecule has 0 spiro atoms. The lowest BCUT2D eigenvalue weighted by molar-refractivity contribution is 0.0672. The average Bonchev–Trinajstić information content (AvgIpc) is 3.30. The van der Waals surface area contributed by atoms with Crippen LogP contribution in [0.1, 0.15) is 32.1 Å². The molecule has 108 valence electrons. The Morgan fingerprint density at radius 3 is 2.63 bits per heavy atom. The second-order valence-electron chi connectivity index (χ2n) is 5.92. The third-order valence-electron chi connectivity index (χ3n) is 4.49. The molecular weight excluding hydrogens is 240 g/mol. The molecule has 0 bridgehead atoms. The lowest BCUT2D eigenvalue weighted by Gasteiger charge is -2.35. The highest BCUT2D eigenvalue weighted by Crippen LogP contribution is 2.32. The Bertz CT molecular complexity index is 323. The Morgan fingerprint density at radius 2 is 1.89 bits per heavy atom. The number of hydrogen-bond donors (Lipinski definition) is 1.